The molecule has 0 saturated heterocycles. The highest BCUT2D eigenvalue weighted by atomic mass is 16.1. The van der Waals surface area contributed by atoms with Crippen LogP contribution in [0.25, 0.3) is 0 Å². The first-order valence-electron chi connectivity index (χ1n) is 1.97. The van der Waals surface area contributed by atoms with Crippen LogP contribution in [0.15, 0.2) is 0 Å². The van der Waals surface area contributed by atoms with Crippen LogP contribution in [-0.2, 0) is 9.59 Å². The first-order chi connectivity index (χ1) is 3.33. The van der Waals surface area contributed by atoms with E-state index in [2.05, 4.69) is 0 Å². The van der Waals surface area contributed by atoms with Gasteiger partial charge in [-0.15, -0.1) is 0 Å². The van der Waals surface area contributed by atoms with Gasteiger partial charge in [-0.1, -0.05) is 6.92 Å². The van der Waals surface area contributed by atoms with Gasteiger partial charge in [-0.05, 0) is 0 Å². The molecule has 0 amide bonds. The van der Waals surface area contributed by atoms with Crippen molar-refractivity contribution in [3.8, 4) is 0 Å². The molecule has 0 aliphatic rings. The van der Waals surface area contributed by atoms with E-state index in [4.69, 9.17) is 9.59 Å². The van der Waals surface area contributed by atoms with Crippen molar-refractivity contribution in [2.45, 2.75) is 20.3 Å². The van der Waals surface area contributed by atoms with Gasteiger partial charge in [0.1, 0.15) is 0 Å². The summed E-state index contributed by atoms with van der Waals surface area (Å²) in [6, 6.07) is 0. The molecule has 0 fully saturated rings. The predicted octanol–water partition coefficient (Wildman–Crippen LogP) is 0.622. The predicted molar refractivity (Wildman–Crippen MR) is 27.4 cm³/mol. The van der Waals surface area contributed by atoms with E-state index in [-0.39, 0.29) is 0 Å². The molecule has 2 nitrogen and oxygen atoms in total. The van der Waals surface area contributed by atoms with Gasteiger partial charge in [0.05, 0.1) is 0 Å². The third-order valence-corrected chi connectivity index (χ3v) is 0.144. The second kappa shape index (κ2) is 18.4. The molecule has 2 heteroatoms. The van der Waals surface area contributed by atoms with Crippen molar-refractivity contribution in [1.29, 1.82) is 0 Å². The summed E-state index contributed by atoms with van der Waals surface area (Å²) in [5, 5.41) is 0. The van der Waals surface area contributed by atoms with Gasteiger partial charge in [0.25, 0.3) is 0 Å². The Hall–Kier alpha value is -0.660. The normalized spacial score (nSPS) is 5.43. The standard InChI is InChI=1S/C3H5O.C2H3O/c1-2-3-4;1-2-3/h2H2,1H3;1H3. The number of carbonyl (C=O) groups excluding carboxylic acids is 2. The molecule has 7 heavy (non-hydrogen) atoms. The van der Waals surface area contributed by atoms with Gasteiger partial charge in [-0.2, -0.15) is 0 Å². The van der Waals surface area contributed by atoms with Gasteiger partial charge in [-0.25, -0.2) is 0 Å². The van der Waals surface area contributed by atoms with Gasteiger partial charge in [0.2, 0.25) is 0 Å². The van der Waals surface area contributed by atoms with E-state index in [9.17, 15) is 0 Å². The minimum atomic E-state index is 0.514. The zero-order chi connectivity index (χ0) is 6.12. The summed E-state index contributed by atoms with van der Waals surface area (Å²) >= 11 is 0. The molecule has 0 saturated carbocycles. The molecule has 0 bridgehead atoms. The smallest absolute Gasteiger partial charge is 0.198 e. The summed E-state index contributed by atoms with van der Waals surface area (Å²) in [6.07, 6.45) is 3.69. The summed E-state index contributed by atoms with van der Waals surface area (Å²) in [5.41, 5.74) is 0. The van der Waals surface area contributed by atoms with E-state index in [1.807, 2.05) is 0 Å². The summed E-state index contributed by atoms with van der Waals surface area (Å²) in [5.74, 6) is 0. The van der Waals surface area contributed by atoms with Gasteiger partial charge in [-0.3, -0.25) is 9.59 Å². The monoisotopic (exact) mass is 100 g/mol. The molecule has 0 aromatic rings. The fourth-order valence-corrected chi connectivity index (χ4v) is 0. The summed E-state index contributed by atoms with van der Waals surface area (Å²) in [6.45, 7) is 3.08. The molecule has 0 aromatic heterocycles. The number of rotatable bonds is 1. The van der Waals surface area contributed by atoms with Crippen LogP contribution < -0.4 is 0 Å². The van der Waals surface area contributed by atoms with Crippen LogP contribution in [-0.4, -0.2) is 12.6 Å². The van der Waals surface area contributed by atoms with E-state index in [1.165, 1.54) is 13.2 Å². The minimum absolute atomic E-state index is 0.514. The van der Waals surface area contributed by atoms with Crippen LogP contribution in [0.1, 0.15) is 20.3 Å². The van der Waals surface area contributed by atoms with Crippen molar-refractivity contribution in [2.75, 3.05) is 0 Å². The van der Waals surface area contributed by atoms with E-state index in [0.29, 0.717) is 6.42 Å². The van der Waals surface area contributed by atoms with Gasteiger partial charge >= 0.3 is 0 Å². The number of hydrogen-bond acceptors (Lipinski definition) is 2. The Labute approximate surface area is 43.5 Å². The van der Waals surface area contributed by atoms with Gasteiger partial charge in [0, 0.05) is 13.3 Å². The first kappa shape index (κ1) is 9.60. The molecule has 0 aromatic carbocycles. The zero-order valence-corrected chi connectivity index (χ0v) is 4.52. The van der Waals surface area contributed by atoms with E-state index in [0.717, 1.165) is 0 Å². The Morgan fingerprint density at radius 2 is 1.57 bits per heavy atom. The van der Waals surface area contributed by atoms with E-state index >= 15 is 0 Å². The lowest BCUT2D eigenvalue weighted by molar-refractivity contribution is 0.553. The summed E-state index contributed by atoms with van der Waals surface area (Å²) < 4.78 is 0. The maximum Gasteiger partial charge on any atom is 0.198 e. The topological polar surface area (TPSA) is 34.1 Å². The lowest BCUT2D eigenvalue weighted by atomic mass is 10.6. The second-order valence-electron chi connectivity index (χ2n) is 0.702. The lowest BCUT2D eigenvalue weighted by Crippen LogP contribution is -1.54. The van der Waals surface area contributed by atoms with Gasteiger partial charge in [0.15, 0.2) is 12.6 Å². The molecule has 0 atom stereocenters. The molecule has 0 aliphatic heterocycles. The minimum Gasteiger partial charge on any atom is -0.291 e. The molecule has 0 heterocycles. The Morgan fingerprint density at radius 3 is 1.57 bits per heavy atom. The Morgan fingerprint density at radius 1 is 1.43 bits per heavy atom. The molecular weight excluding hydrogens is 92.1 g/mol. The maximum atomic E-state index is 9.05. The van der Waals surface area contributed by atoms with Crippen molar-refractivity contribution >= 4 is 12.6 Å². The summed E-state index contributed by atoms with van der Waals surface area (Å²) in [7, 11) is 0. The van der Waals surface area contributed by atoms with Crippen LogP contribution in [0.5, 0.6) is 0 Å². The Kier molecular flexibility index (Phi) is 25.2. The number of hydrogen-bond donors (Lipinski definition) is 0. The Bertz CT molecular complexity index is 41.3. The second-order valence-corrected chi connectivity index (χ2v) is 0.702. The van der Waals surface area contributed by atoms with Crippen LogP contribution >= 0.6 is 0 Å². The molecule has 0 rings (SSSR count). The van der Waals surface area contributed by atoms with Crippen LogP contribution in [0.2, 0.25) is 0 Å². The van der Waals surface area contributed by atoms with Crippen LogP contribution in [0.3, 0.4) is 0 Å². The third kappa shape index (κ3) is 515. The molecule has 0 aliphatic carbocycles. The average Bonchev–Trinajstić information content (AvgIpc) is 1.69. The molecule has 0 spiro atoms. The van der Waals surface area contributed by atoms with Crippen molar-refractivity contribution in [3.63, 3.8) is 0 Å². The third-order valence-electron chi connectivity index (χ3n) is 0.144. The molecule has 0 N–H and O–H groups in total. The quantitative estimate of drug-likeness (QED) is 0.484. The molecule has 0 unspecified atom stereocenters. The van der Waals surface area contributed by atoms with E-state index < -0.39 is 0 Å². The Balaban J connectivity index is 0. The fraction of sp³-hybridized carbons (Fsp3) is 0.600. The molecular formula is C5H8O2. The lowest BCUT2D eigenvalue weighted by Gasteiger charge is -1.48. The largest absolute Gasteiger partial charge is 0.291 e. The molecule has 2 radical (unpaired) electrons. The van der Waals surface area contributed by atoms with Crippen molar-refractivity contribution in [1.82, 2.24) is 0 Å². The van der Waals surface area contributed by atoms with Crippen LogP contribution in [0.4, 0.5) is 0 Å². The molecule has 40 valence electrons. The van der Waals surface area contributed by atoms with Crippen LogP contribution in [0, 0.1) is 0 Å². The average molecular weight is 100 g/mol. The van der Waals surface area contributed by atoms with Crippen molar-refractivity contribution < 1.29 is 9.59 Å². The van der Waals surface area contributed by atoms with E-state index in [1.54, 1.807) is 13.2 Å². The highest BCUT2D eigenvalue weighted by Crippen LogP contribution is 1.53. The highest BCUT2D eigenvalue weighted by molar-refractivity contribution is 5.49. The SMILES string of the molecule is CC[C]=O.C[C]=O. The fourth-order valence-electron chi connectivity index (χ4n) is 0. The first-order valence-corrected chi connectivity index (χ1v) is 1.97. The summed E-state index contributed by atoms with van der Waals surface area (Å²) in [4.78, 5) is 17.7. The van der Waals surface area contributed by atoms with Crippen molar-refractivity contribution in [2.24, 2.45) is 0 Å². The van der Waals surface area contributed by atoms with Gasteiger partial charge < -0.3 is 0 Å². The maximum absolute atomic E-state index is 9.05. The highest BCUT2D eigenvalue weighted by Gasteiger charge is 1.55. The van der Waals surface area contributed by atoms with Crippen molar-refractivity contribution in [3.05, 3.63) is 0 Å². The zero-order valence-electron chi connectivity index (χ0n) is 4.52.